The number of methoxy groups -OCH3 is 1. The first-order valence-electron chi connectivity index (χ1n) is 4.74. The van der Waals surface area contributed by atoms with Crippen molar-refractivity contribution in [2.45, 2.75) is 32.2 Å². The molecule has 4 nitrogen and oxygen atoms in total. The second-order valence-corrected chi connectivity index (χ2v) is 3.01. The standard InChI is InChI=1S/C9H20N2O2/c1-3-8(10)9(12)11-6-4-5-7-13-2/h8H,3-7,10H2,1-2H3,(H,11,12). The minimum absolute atomic E-state index is 0.0556. The molecule has 0 bridgehead atoms. The summed E-state index contributed by atoms with van der Waals surface area (Å²) >= 11 is 0. The van der Waals surface area contributed by atoms with E-state index in [-0.39, 0.29) is 11.9 Å². The first-order valence-corrected chi connectivity index (χ1v) is 4.74. The normalized spacial score (nSPS) is 12.5. The van der Waals surface area contributed by atoms with Crippen LogP contribution in [0.2, 0.25) is 0 Å². The number of ether oxygens (including phenoxy) is 1. The molecule has 0 radical (unpaired) electrons. The van der Waals surface area contributed by atoms with E-state index >= 15 is 0 Å². The Kier molecular flexibility index (Phi) is 7.63. The number of carbonyl (C=O) groups is 1. The largest absolute Gasteiger partial charge is 0.385 e. The van der Waals surface area contributed by atoms with Crippen LogP contribution in [0, 0.1) is 0 Å². The van der Waals surface area contributed by atoms with Crippen LogP contribution < -0.4 is 11.1 Å². The molecule has 0 aliphatic rings. The number of nitrogens with two attached hydrogens (primary N) is 1. The minimum Gasteiger partial charge on any atom is -0.385 e. The third kappa shape index (κ3) is 6.54. The lowest BCUT2D eigenvalue weighted by Gasteiger charge is -2.09. The van der Waals surface area contributed by atoms with Crippen molar-refractivity contribution in [3.05, 3.63) is 0 Å². The quantitative estimate of drug-likeness (QED) is 0.563. The predicted octanol–water partition coefficient (Wildman–Crippen LogP) is 0.267. The smallest absolute Gasteiger partial charge is 0.236 e. The molecule has 78 valence electrons. The van der Waals surface area contributed by atoms with Crippen molar-refractivity contribution in [2.75, 3.05) is 20.3 Å². The van der Waals surface area contributed by atoms with Crippen molar-refractivity contribution >= 4 is 5.91 Å². The molecule has 0 aliphatic heterocycles. The third-order valence-electron chi connectivity index (χ3n) is 1.85. The average molecular weight is 188 g/mol. The highest BCUT2D eigenvalue weighted by molar-refractivity contribution is 5.81. The van der Waals surface area contributed by atoms with Crippen LogP contribution in [0.25, 0.3) is 0 Å². The van der Waals surface area contributed by atoms with Gasteiger partial charge in [-0.15, -0.1) is 0 Å². The highest BCUT2D eigenvalue weighted by Gasteiger charge is 2.08. The molecule has 0 rings (SSSR count). The van der Waals surface area contributed by atoms with Crippen LogP contribution in [0.4, 0.5) is 0 Å². The zero-order valence-corrected chi connectivity index (χ0v) is 8.51. The monoisotopic (exact) mass is 188 g/mol. The van der Waals surface area contributed by atoms with Crippen molar-refractivity contribution in [3.8, 4) is 0 Å². The van der Waals surface area contributed by atoms with Crippen molar-refractivity contribution in [3.63, 3.8) is 0 Å². The second-order valence-electron chi connectivity index (χ2n) is 3.01. The molecule has 0 aromatic carbocycles. The zero-order chi connectivity index (χ0) is 10.1. The van der Waals surface area contributed by atoms with E-state index in [4.69, 9.17) is 10.5 Å². The number of rotatable bonds is 7. The number of hydrogen-bond donors (Lipinski definition) is 2. The molecule has 0 heterocycles. The number of hydrogen-bond acceptors (Lipinski definition) is 3. The summed E-state index contributed by atoms with van der Waals surface area (Å²) in [5, 5.41) is 2.77. The van der Waals surface area contributed by atoms with Crippen molar-refractivity contribution in [1.82, 2.24) is 5.32 Å². The fourth-order valence-electron chi connectivity index (χ4n) is 0.899. The molecule has 3 N–H and O–H groups in total. The van der Waals surface area contributed by atoms with Crippen molar-refractivity contribution < 1.29 is 9.53 Å². The highest BCUT2D eigenvalue weighted by atomic mass is 16.5. The molecule has 0 saturated heterocycles. The van der Waals surface area contributed by atoms with E-state index in [1.165, 1.54) is 0 Å². The summed E-state index contributed by atoms with van der Waals surface area (Å²) in [6.45, 7) is 3.33. The van der Waals surface area contributed by atoms with E-state index in [1.54, 1.807) is 7.11 Å². The Hall–Kier alpha value is -0.610. The van der Waals surface area contributed by atoms with Gasteiger partial charge in [0.1, 0.15) is 0 Å². The Bertz CT molecular complexity index is 140. The van der Waals surface area contributed by atoms with E-state index in [0.29, 0.717) is 13.0 Å². The molecule has 13 heavy (non-hydrogen) atoms. The molecule has 0 aromatic rings. The van der Waals surface area contributed by atoms with E-state index in [9.17, 15) is 4.79 Å². The molecular formula is C9H20N2O2. The van der Waals surface area contributed by atoms with Gasteiger partial charge < -0.3 is 15.8 Å². The van der Waals surface area contributed by atoms with E-state index in [0.717, 1.165) is 19.4 Å². The summed E-state index contributed by atoms with van der Waals surface area (Å²) < 4.78 is 4.88. The summed E-state index contributed by atoms with van der Waals surface area (Å²) in [7, 11) is 1.67. The Morgan fingerprint density at radius 2 is 2.23 bits per heavy atom. The maximum atomic E-state index is 11.1. The van der Waals surface area contributed by atoms with Gasteiger partial charge in [0.15, 0.2) is 0 Å². The van der Waals surface area contributed by atoms with Crippen LogP contribution in [0.1, 0.15) is 26.2 Å². The lowest BCUT2D eigenvalue weighted by Crippen LogP contribution is -2.40. The first kappa shape index (κ1) is 12.4. The van der Waals surface area contributed by atoms with Gasteiger partial charge in [0.25, 0.3) is 0 Å². The van der Waals surface area contributed by atoms with Crippen LogP contribution in [0.5, 0.6) is 0 Å². The van der Waals surface area contributed by atoms with Crippen LogP contribution >= 0.6 is 0 Å². The fourth-order valence-corrected chi connectivity index (χ4v) is 0.899. The maximum absolute atomic E-state index is 11.1. The SMILES string of the molecule is CCC(N)C(=O)NCCCCOC. The summed E-state index contributed by atoms with van der Waals surface area (Å²) in [5.74, 6) is -0.0556. The van der Waals surface area contributed by atoms with Crippen LogP contribution in [0.3, 0.4) is 0 Å². The lowest BCUT2D eigenvalue weighted by atomic mass is 10.2. The van der Waals surface area contributed by atoms with Gasteiger partial charge in [-0.25, -0.2) is 0 Å². The number of carbonyl (C=O) groups excluding carboxylic acids is 1. The molecule has 0 spiro atoms. The third-order valence-corrected chi connectivity index (χ3v) is 1.85. The van der Waals surface area contributed by atoms with Crippen molar-refractivity contribution in [2.24, 2.45) is 5.73 Å². The minimum atomic E-state index is -0.359. The van der Waals surface area contributed by atoms with Crippen LogP contribution in [-0.4, -0.2) is 32.2 Å². The van der Waals surface area contributed by atoms with Gasteiger partial charge >= 0.3 is 0 Å². The Morgan fingerprint density at radius 3 is 2.77 bits per heavy atom. The Balaban J connectivity index is 3.27. The average Bonchev–Trinajstić information content (AvgIpc) is 2.16. The van der Waals surface area contributed by atoms with Crippen LogP contribution in [0.15, 0.2) is 0 Å². The molecule has 0 aliphatic carbocycles. The van der Waals surface area contributed by atoms with Gasteiger partial charge in [-0.1, -0.05) is 6.92 Å². The van der Waals surface area contributed by atoms with Gasteiger partial charge in [-0.05, 0) is 19.3 Å². The Labute approximate surface area is 79.8 Å². The second kappa shape index (κ2) is 8.01. The summed E-state index contributed by atoms with van der Waals surface area (Å²) in [5.41, 5.74) is 5.52. The van der Waals surface area contributed by atoms with Gasteiger partial charge in [0, 0.05) is 20.3 Å². The van der Waals surface area contributed by atoms with Gasteiger partial charge in [0.2, 0.25) is 5.91 Å². The van der Waals surface area contributed by atoms with Gasteiger partial charge in [-0.2, -0.15) is 0 Å². The molecular weight excluding hydrogens is 168 g/mol. The lowest BCUT2D eigenvalue weighted by molar-refractivity contribution is -0.122. The van der Waals surface area contributed by atoms with E-state index in [1.807, 2.05) is 6.92 Å². The van der Waals surface area contributed by atoms with Crippen molar-refractivity contribution in [1.29, 1.82) is 0 Å². The zero-order valence-electron chi connectivity index (χ0n) is 8.51. The number of amides is 1. The maximum Gasteiger partial charge on any atom is 0.236 e. The Morgan fingerprint density at radius 1 is 1.54 bits per heavy atom. The molecule has 1 unspecified atom stereocenters. The van der Waals surface area contributed by atoms with E-state index in [2.05, 4.69) is 5.32 Å². The van der Waals surface area contributed by atoms with Crippen LogP contribution in [-0.2, 0) is 9.53 Å². The molecule has 0 saturated carbocycles. The topological polar surface area (TPSA) is 64.4 Å². The van der Waals surface area contributed by atoms with Gasteiger partial charge in [-0.3, -0.25) is 4.79 Å². The summed E-state index contributed by atoms with van der Waals surface area (Å²) in [4.78, 5) is 11.1. The first-order chi connectivity index (χ1) is 6.22. The van der Waals surface area contributed by atoms with Gasteiger partial charge in [0.05, 0.1) is 6.04 Å². The fraction of sp³-hybridized carbons (Fsp3) is 0.889. The highest BCUT2D eigenvalue weighted by Crippen LogP contribution is 1.89. The molecule has 4 heteroatoms. The molecule has 0 fully saturated rings. The molecule has 1 amide bonds. The van der Waals surface area contributed by atoms with E-state index < -0.39 is 0 Å². The summed E-state index contributed by atoms with van der Waals surface area (Å²) in [6.07, 6.45) is 2.60. The number of unbranched alkanes of at least 4 members (excludes halogenated alkanes) is 1. The molecule has 0 aromatic heterocycles. The number of nitrogens with one attached hydrogen (secondary N) is 1. The molecule has 1 atom stereocenters. The predicted molar refractivity (Wildman–Crippen MR) is 52.4 cm³/mol. The summed E-state index contributed by atoms with van der Waals surface area (Å²) in [6, 6.07) is -0.359.